The van der Waals surface area contributed by atoms with Crippen molar-refractivity contribution in [2.45, 2.75) is 40.0 Å². The SMILES string of the molecule is CC.CCC(=O)c1ccc(N2CCC(C(=O)NCCOCCOC)CC2)cc1. The zero-order chi connectivity index (χ0) is 20.8. The molecule has 158 valence electrons. The van der Waals surface area contributed by atoms with Gasteiger partial charge in [0.15, 0.2) is 5.78 Å². The summed E-state index contributed by atoms with van der Waals surface area (Å²) in [5.41, 5.74) is 1.88. The number of Topliss-reactive ketones (excluding diaryl/α,β-unsaturated/α-hetero) is 1. The molecule has 1 fully saturated rings. The second-order valence-corrected chi connectivity index (χ2v) is 6.48. The smallest absolute Gasteiger partial charge is 0.223 e. The normalized spacial score (nSPS) is 14.2. The molecule has 28 heavy (non-hydrogen) atoms. The Labute approximate surface area is 169 Å². The van der Waals surface area contributed by atoms with Crippen molar-refractivity contribution in [2.24, 2.45) is 5.92 Å². The van der Waals surface area contributed by atoms with E-state index in [1.165, 1.54) is 0 Å². The fourth-order valence-corrected chi connectivity index (χ4v) is 3.10. The maximum Gasteiger partial charge on any atom is 0.223 e. The Balaban J connectivity index is 0.00000190. The minimum absolute atomic E-state index is 0.0613. The van der Waals surface area contributed by atoms with E-state index in [2.05, 4.69) is 10.2 Å². The quantitative estimate of drug-likeness (QED) is 0.489. The summed E-state index contributed by atoms with van der Waals surface area (Å²) in [7, 11) is 1.64. The van der Waals surface area contributed by atoms with E-state index in [0.29, 0.717) is 32.8 Å². The number of hydrogen-bond donors (Lipinski definition) is 1. The van der Waals surface area contributed by atoms with Gasteiger partial charge in [-0.1, -0.05) is 20.8 Å². The zero-order valence-electron chi connectivity index (χ0n) is 17.8. The largest absolute Gasteiger partial charge is 0.382 e. The first kappa shape index (κ1) is 24.1. The number of carbonyl (C=O) groups excluding carboxylic acids is 2. The van der Waals surface area contributed by atoms with Gasteiger partial charge in [-0.2, -0.15) is 0 Å². The van der Waals surface area contributed by atoms with Gasteiger partial charge >= 0.3 is 0 Å². The number of carbonyl (C=O) groups is 2. The zero-order valence-corrected chi connectivity index (χ0v) is 17.8. The molecule has 0 unspecified atom stereocenters. The van der Waals surface area contributed by atoms with Crippen molar-refractivity contribution in [1.29, 1.82) is 0 Å². The standard InChI is InChI=1S/C20H30N2O4.C2H6/c1-3-19(23)16-4-6-18(7-5-16)22-11-8-17(9-12-22)20(24)21-10-13-26-15-14-25-2;1-2/h4-7,17H,3,8-15H2,1-2H3,(H,21,24);1-2H3. The minimum Gasteiger partial charge on any atom is -0.382 e. The van der Waals surface area contributed by atoms with Gasteiger partial charge < -0.3 is 19.7 Å². The fraction of sp³-hybridized carbons (Fsp3) is 0.636. The van der Waals surface area contributed by atoms with Gasteiger partial charge in [0.2, 0.25) is 5.91 Å². The number of nitrogens with one attached hydrogen (secondary N) is 1. The van der Waals surface area contributed by atoms with E-state index in [1.54, 1.807) is 7.11 Å². The monoisotopic (exact) mass is 392 g/mol. The molecule has 2 rings (SSSR count). The Morgan fingerprint density at radius 1 is 1.07 bits per heavy atom. The van der Waals surface area contributed by atoms with Crippen LogP contribution < -0.4 is 10.2 Å². The molecule has 1 N–H and O–H groups in total. The topological polar surface area (TPSA) is 67.9 Å². The number of nitrogens with zero attached hydrogens (tertiary/aromatic N) is 1. The van der Waals surface area contributed by atoms with Gasteiger partial charge in [0, 0.05) is 50.3 Å². The number of anilines is 1. The first-order chi connectivity index (χ1) is 13.7. The van der Waals surface area contributed by atoms with Crippen LogP contribution >= 0.6 is 0 Å². The molecule has 0 bridgehead atoms. The average molecular weight is 393 g/mol. The van der Waals surface area contributed by atoms with Gasteiger partial charge in [-0.25, -0.2) is 0 Å². The van der Waals surface area contributed by atoms with Crippen molar-refractivity contribution >= 4 is 17.4 Å². The summed E-state index contributed by atoms with van der Waals surface area (Å²) in [6.07, 6.45) is 2.20. The molecule has 0 saturated carbocycles. The molecule has 1 amide bonds. The highest BCUT2D eigenvalue weighted by molar-refractivity contribution is 5.96. The van der Waals surface area contributed by atoms with Crippen molar-refractivity contribution in [3.8, 4) is 0 Å². The van der Waals surface area contributed by atoms with Crippen LogP contribution in [0, 0.1) is 5.92 Å². The molecule has 0 radical (unpaired) electrons. The van der Waals surface area contributed by atoms with Crippen LogP contribution in [0.2, 0.25) is 0 Å². The molecule has 1 aromatic rings. The van der Waals surface area contributed by atoms with Gasteiger partial charge in [0.05, 0.1) is 19.8 Å². The summed E-state index contributed by atoms with van der Waals surface area (Å²) in [6.45, 7) is 9.74. The number of rotatable bonds is 10. The molecule has 0 aromatic heterocycles. The Morgan fingerprint density at radius 3 is 2.29 bits per heavy atom. The molecule has 6 nitrogen and oxygen atoms in total. The van der Waals surface area contributed by atoms with E-state index < -0.39 is 0 Å². The molecular weight excluding hydrogens is 356 g/mol. The van der Waals surface area contributed by atoms with Crippen LogP contribution in [0.25, 0.3) is 0 Å². The lowest BCUT2D eigenvalue weighted by molar-refractivity contribution is -0.125. The Morgan fingerprint density at radius 2 is 1.71 bits per heavy atom. The third kappa shape index (κ3) is 7.98. The predicted molar refractivity (Wildman–Crippen MR) is 113 cm³/mol. The molecule has 0 atom stereocenters. The lowest BCUT2D eigenvalue weighted by Crippen LogP contribution is -2.41. The molecule has 1 heterocycles. The highest BCUT2D eigenvalue weighted by Gasteiger charge is 2.24. The predicted octanol–water partition coefficient (Wildman–Crippen LogP) is 3.30. The molecule has 1 aliphatic rings. The van der Waals surface area contributed by atoms with E-state index in [1.807, 2.05) is 45.0 Å². The molecule has 6 heteroatoms. The van der Waals surface area contributed by atoms with Crippen LogP contribution in [0.15, 0.2) is 24.3 Å². The second kappa shape index (κ2) is 14.1. The van der Waals surface area contributed by atoms with Gasteiger partial charge in [-0.15, -0.1) is 0 Å². The van der Waals surface area contributed by atoms with Crippen molar-refractivity contribution < 1.29 is 19.1 Å². The van der Waals surface area contributed by atoms with E-state index in [0.717, 1.165) is 37.2 Å². The van der Waals surface area contributed by atoms with E-state index in [9.17, 15) is 9.59 Å². The number of methoxy groups -OCH3 is 1. The molecule has 1 saturated heterocycles. The number of ketones is 1. The third-order valence-corrected chi connectivity index (χ3v) is 4.72. The molecule has 1 aromatic carbocycles. The highest BCUT2D eigenvalue weighted by atomic mass is 16.5. The van der Waals surface area contributed by atoms with Gasteiger partial charge in [0.1, 0.15) is 0 Å². The fourth-order valence-electron chi connectivity index (χ4n) is 3.10. The summed E-state index contributed by atoms with van der Waals surface area (Å²) < 4.78 is 10.3. The summed E-state index contributed by atoms with van der Waals surface area (Å²) in [5, 5.41) is 2.95. The van der Waals surface area contributed by atoms with Crippen molar-refractivity contribution in [1.82, 2.24) is 5.32 Å². The number of benzene rings is 1. The number of ether oxygens (including phenoxy) is 2. The molecular formula is C22H36N2O4. The highest BCUT2D eigenvalue weighted by Crippen LogP contribution is 2.24. The number of hydrogen-bond acceptors (Lipinski definition) is 5. The van der Waals surface area contributed by atoms with Crippen molar-refractivity contribution in [2.75, 3.05) is 51.5 Å². The minimum atomic E-state index is 0.0613. The average Bonchev–Trinajstić information content (AvgIpc) is 2.77. The van der Waals surface area contributed by atoms with Crippen LogP contribution in [-0.2, 0) is 14.3 Å². The van der Waals surface area contributed by atoms with Crippen LogP contribution in [0.5, 0.6) is 0 Å². The summed E-state index contributed by atoms with van der Waals surface area (Å²) in [5.74, 6) is 0.341. The van der Waals surface area contributed by atoms with Crippen LogP contribution in [0.1, 0.15) is 50.4 Å². The van der Waals surface area contributed by atoms with Gasteiger partial charge in [-0.3, -0.25) is 9.59 Å². The number of amides is 1. The Bertz CT molecular complexity index is 566. The van der Waals surface area contributed by atoms with Crippen molar-refractivity contribution in [3.63, 3.8) is 0 Å². The molecule has 0 aliphatic carbocycles. The Kier molecular flexibility index (Phi) is 12.2. The van der Waals surface area contributed by atoms with E-state index in [-0.39, 0.29) is 17.6 Å². The van der Waals surface area contributed by atoms with E-state index in [4.69, 9.17) is 9.47 Å². The summed E-state index contributed by atoms with van der Waals surface area (Å²) >= 11 is 0. The van der Waals surface area contributed by atoms with Gasteiger partial charge in [0.25, 0.3) is 0 Å². The third-order valence-electron chi connectivity index (χ3n) is 4.72. The maximum atomic E-state index is 12.2. The Hall–Kier alpha value is -1.92. The summed E-state index contributed by atoms with van der Waals surface area (Å²) in [4.78, 5) is 26.2. The lowest BCUT2D eigenvalue weighted by atomic mass is 9.95. The number of piperidine rings is 1. The second-order valence-electron chi connectivity index (χ2n) is 6.48. The first-order valence-corrected chi connectivity index (χ1v) is 10.4. The van der Waals surface area contributed by atoms with E-state index >= 15 is 0 Å². The molecule has 1 aliphatic heterocycles. The molecule has 0 spiro atoms. The summed E-state index contributed by atoms with van der Waals surface area (Å²) in [6, 6.07) is 7.79. The van der Waals surface area contributed by atoms with Crippen molar-refractivity contribution in [3.05, 3.63) is 29.8 Å². The van der Waals surface area contributed by atoms with Gasteiger partial charge in [-0.05, 0) is 37.1 Å². The van der Waals surface area contributed by atoms with Crippen LogP contribution in [-0.4, -0.2) is 58.3 Å². The first-order valence-electron chi connectivity index (χ1n) is 10.4. The van der Waals surface area contributed by atoms with Crippen LogP contribution in [0.3, 0.4) is 0 Å². The van der Waals surface area contributed by atoms with Crippen LogP contribution in [0.4, 0.5) is 5.69 Å². The maximum absolute atomic E-state index is 12.2. The lowest BCUT2D eigenvalue weighted by Gasteiger charge is -2.33.